The fourth-order valence-corrected chi connectivity index (χ4v) is 3.32. The molecule has 0 fully saturated rings. The first kappa shape index (κ1) is 19.1. The van der Waals surface area contributed by atoms with Crippen molar-refractivity contribution in [1.29, 1.82) is 0 Å². The van der Waals surface area contributed by atoms with Gasteiger partial charge >= 0.3 is 0 Å². The second kappa shape index (κ2) is 9.24. The third kappa shape index (κ3) is 6.43. The van der Waals surface area contributed by atoms with Crippen LogP contribution in [0.15, 0.2) is 21.1 Å². The average molecular weight is 437 g/mol. The minimum atomic E-state index is -0.160. The molecule has 1 rings (SSSR count). The number of halogens is 2. The lowest BCUT2D eigenvalue weighted by atomic mass is 10.1. The molecular formula is C14H19Br2N3O3. The first-order valence-electron chi connectivity index (χ1n) is 6.65. The maximum atomic E-state index is 11.6. The number of carbonyl (C=O) groups is 2. The molecule has 0 unspecified atom stereocenters. The van der Waals surface area contributed by atoms with E-state index >= 15 is 0 Å². The standard InChI is InChI=1S/C14H19Br2N3O3/c1-9(21)18-14-10(5-11(15)6-12(14)16)7-19(2)8-13(22)17-3-4-20/h5-6,20H,3-4,7-8H2,1-2H3,(H,17,22)(H,18,21). The molecule has 22 heavy (non-hydrogen) atoms. The van der Waals surface area contributed by atoms with Crippen molar-refractivity contribution in [1.82, 2.24) is 10.2 Å². The number of aliphatic hydroxyl groups excluding tert-OH is 1. The van der Waals surface area contributed by atoms with Crippen molar-refractivity contribution in [2.45, 2.75) is 13.5 Å². The lowest BCUT2D eigenvalue weighted by Crippen LogP contribution is -2.36. The number of amides is 2. The van der Waals surface area contributed by atoms with Gasteiger partial charge in [0.1, 0.15) is 0 Å². The molecule has 1 aromatic rings. The Morgan fingerprint density at radius 2 is 2.00 bits per heavy atom. The molecule has 0 saturated carbocycles. The van der Waals surface area contributed by atoms with Gasteiger partial charge < -0.3 is 15.7 Å². The van der Waals surface area contributed by atoms with Crippen LogP contribution in [-0.2, 0) is 16.1 Å². The number of carbonyl (C=O) groups excluding carboxylic acids is 2. The topological polar surface area (TPSA) is 81.7 Å². The first-order valence-corrected chi connectivity index (χ1v) is 8.23. The molecular weight excluding hydrogens is 418 g/mol. The van der Waals surface area contributed by atoms with E-state index in [0.29, 0.717) is 12.2 Å². The highest BCUT2D eigenvalue weighted by molar-refractivity contribution is 9.11. The fraction of sp³-hybridized carbons (Fsp3) is 0.429. The largest absolute Gasteiger partial charge is 0.395 e. The minimum absolute atomic E-state index is 0.0826. The van der Waals surface area contributed by atoms with E-state index in [0.717, 1.165) is 14.5 Å². The van der Waals surface area contributed by atoms with Crippen LogP contribution in [0.25, 0.3) is 0 Å². The maximum absolute atomic E-state index is 11.6. The second-order valence-electron chi connectivity index (χ2n) is 4.85. The number of likely N-dealkylation sites (N-methyl/N-ethyl adjacent to an activating group) is 1. The predicted molar refractivity (Wildman–Crippen MR) is 92.6 cm³/mol. The summed E-state index contributed by atoms with van der Waals surface area (Å²) in [4.78, 5) is 24.8. The van der Waals surface area contributed by atoms with Gasteiger partial charge in [-0.2, -0.15) is 0 Å². The van der Waals surface area contributed by atoms with Crippen molar-refractivity contribution in [3.8, 4) is 0 Å². The summed E-state index contributed by atoms with van der Waals surface area (Å²) in [5, 5.41) is 14.1. The van der Waals surface area contributed by atoms with Crippen LogP contribution in [0.2, 0.25) is 0 Å². The number of hydrogen-bond acceptors (Lipinski definition) is 4. The molecule has 0 spiro atoms. The van der Waals surface area contributed by atoms with Gasteiger partial charge in [-0.25, -0.2) is 0 Å². The smallest absolute Gasteiger partial charge is 0.234 e. The van der Waals surface area contributed by atoms with Crippen molar-refractivity contribution < 1.29 is 14.7 Å². The number of hydrogen-bond donors (Lipinski definition) is 3. The molecule has 122 valence electrons. The Labute approximate surface area is 146 Å². The number of benzene rings is 1. The predicted octanol–water partition coefficient (Wildman–Crippen LogP) is 1.71. The summed E-state index contributed by atoms with van der Waals surface area (Å²) in [6, 6.07) is 3.75. The van der Waals surface area contributed by atoms with Crippen LogP contribution in [-0.4, -0.2) is 48.6 Å². The molecule has 0 aliphatic heterocycles. The van der Waals surface area contributed by atoms with Gasteiger partial charge in [-0.3, -0.25) is 14.5 Å². The maximum Gasteiger partial charge on any atom is 0.234 e. The number of aliphatic hydroxyl groups is 1. The number of rotatable bonds is 7. The van der Waals surface area contributed by atoms with Crippen LogP contribution < -0.4 is 10.6 Å². The Morgan fingerprint density at radius 1 is 1.32 bits per heavy atom. The Bertz CT molecular complexity index is 552. The number of nitrogens with one attached hydrogen (secondary N) is 2. The lowest BCUT2D eigenvalue weighted by Gasteiger charge is -2.20. The van der Waals surface area contributed by atoms with E-state index in [1.807, 2.05) is 24.1 Å². The normalized spacial score (nSPS) is 10.6. The molecule has 0 aliphatic rings. The van der Waals surface area contributed by atoms with Gasteiger partial charge in [0.2, 0.25) is 11.8 Å². The first-order chi connectivity index (χ1) is 10.3. The van der Waals surface area contributed by atoms with E-state index in [1.54, 1.807) is 0 Å². The molecule has 0 atom stereocenters. The average Bonchev–Trinajstić information content (AvgIpc) is 2.39. The van der Waals surface area contributed by atoms with Gasteiger partial charge in [0.05, 0.1) is 18.8 Å². The molecule has 0 aliphatic carbocycles. The molecule has 1 aromatic carbocycles. The van der Waals surface area contributed by atoms with Gasteiger partial charge in [-0.15, -0.1) is 0 Å². The number of nitrogens with zero attached hydrogens (tertiary/aromatic N) is 1. The summed E-state index contributed by atoms with van der Waals surface area (Å²) >= 11 is 6.85. The van der Waals surface area contributed by atoms with Crippen LogP contribution in [0.1, 0.15) is 12.5 Å². The summed E-state index contributed by atoms with van der Waals surface area (Å²) in [6.45, 7) is 2.29. The zero-order valence-corrected chi connectivity index (χ0v) is 15.6. The van der Waals surface area contributed by atoms with Gasteiger partial charge in [0.25, 0.3) is 0 Å². The molecule has 3 N–H and O–H groups in total. The molecule has 0 saturated heterocycles. The second-order valence-corrected chi connectivity index (χ2v) is 6.62. The SMILES string of the molecule is CC(=O)Nc1c(Br)cc(Br)cc1CN(C)CC(=O)NCCO. The number of anilines is 1. The zero-order valence-electron chi connectivity index (χ0n) is 12.4. The van der Waals surface area contributed by atoms with Gasteiger partial charge in [0.15, 0.2) is 0 Å². The van der Waals surface area contributed by atoms with Crippen LogP contribution in [0, 0.1) is 0 Å². The molecule has 0 heterocycles. The molecule has 6 nitrogen and oxygen atoms in total. The van der Waals surface area contributed by atoms with Gasteiger partial charge in [-0.1, -0.05) is 15.9 Å². The monoisotopic (exact) mass is 435 g/mol. The molecule has 8 heteroatoms. The van der Waals surface area contributed by atoms with Crippen molar-refractivity contribution >= 4 is 49.4 Å². The van der Waals surface area contributed by atoms with Crippen LogP contribution in [0.5, 0.6) is 0 Å². The van der Waals surface area contributed by atoms with Crippen molar-refractivity contribution in [2.24, 2.45) is 0 Å². The molecule has 0 bridgehead atoms. The molecule has 0 aromatic heterocycles. The lowest BCUT2D eigenvalue weighted by molar-refractivity contribution is -0.122. The van der Waals surface area contributed by atoms with E-state index in [4.69, 9.17) is 5.11 Å². The Kier molecular flexibility index (Phi) is 8.02. The van der Waals surface area contributed by atoms with Crippen LogP contribution in [0.4, 0.5) is 5.69 Å². The Hall–Kier alpha value is -0.960. The third-order valence-electron chi connectivity index (χ3n) is 2.73. The summed E-state index contributed by atoms with van der Waals surface area (Å²) < 4.78 is 1.65. The Morgan fingerprint density at radius 3 is 2.59 bits per heavy atom. The van der Waals surface area contributed by atoms with E-state index in [-0.39, 0.29) is 31.5 Å². The van der Waals surface area contributed by atoms with E-state index < -0.39 is 0 Å². The van der Waals surface area contributed by atoms with E-state index in [2.05, 4.69) is 42.5 Å². The van der Waals surface area contributed by atoms with Gasteiger partial charge in [0, 0.05) is 29.0 Å². The minimum Gasteiger partial charge on any atom is -0.395 e. The summed E-state index contributed by atoms with van der Waals surface area (Å²) in [6.07, 6.45) is 0. The molecule has 0 radical (unpaired) electrons. The highest BCUT2D eigenvalue weighted by Gasteiger charge is 2.13. The van der Waals surface area contributed by atoms with Crippen LogP contribution >= 0.6 is 31.9 Å². The van der Waals surface area contributed by atoms with Gasteiger partial charge in [-0.05, 0) is 40.7 Å². The third-order valence-corrected chi connectivity index (χ3v) is 3.81. The van der Waals surface area contributed by atoms with E-state index in [9.17, 15) is 9.59 Å². The van der Waals surface area contributed by atoms with Crippen molar-refractivity contribution in [3.05, 3.63) is 26.6 Å². The summed E-state index contributed by atoms with van der Waals surface area (Å²) in [5.74, 6) is -0.320. The fourth-order valence-electron chi connectivity index (χ4n) is 1.91. The van der Waals surface area contributed by atoms with Crippen molar-refractivity contribution in [3.63, 3.8) is 0 Å². The Balaban J connectivity index is 2.82. The zero-order chi connectivity index (χ0) is 16.7. The summed E-state index contributed by atoms with van der Waals surface area (Å²) in [5.41, 5.74) is 1.58. The van der Waals surface area contributed by atoms with Crippen molar-refractivity contribution in [2.75, 3.05) is 32.1 Å². The highest BCUT2D eigenvalue weighted by Crippen LogP contribution is 2.31. The van der Waals surface area contributed by atoms with E-state index in [1.165, 1.54) is 6.92 Å². The molecule has 2 amide bonds. The van der Waals surface area contributed by atoms with Crippen LogP contribution in [0.3, 0.4) is 0 Å². The highest BCUT2D eigenvalue weighted by atomic mass is 79.9. The summed E-state index contributed by atoms with van der Waals surface area (Å²) in [7, 11) is 1.81. The quantitative estimate of drug-likeness (QED) is 0.607.